The highest BCUT2D eigenvalue weighted by Gasteiger charge is 2.28. The third-order valence-corrected chi connectivity index (χ3v) is 4.34. The minimum absolute atomic E-state index is 0.488. The Hall–Kier alpha value is -0.900. The van der Waals surface area contributed by atoms with Gasteiger partial charge < -0.3 is 14.8 Å². The first-order valence-corrected chi connectivity index (χ1v) is 8.24. The Kier molecular flexibility index (Phi) is 7.20. The molecule has 0 fully saturated rings. The lowest BCUT2D eigenvalue weighted by molar-refractivity contribution is 0.0878. The van der Waals surface area contributed by atoms with Crippen LogP contribution in [0.25, 0.3) is 0 Å². The largest absolute Gasteiger partial charge is 0.385 e. The number of nitrogens with one attached hydrogen (secondary N) is 1. The number of fused-ring (bicyclic) bond motifs is 1. The van der Waals surface area contributed by atoms with Crippen LogP contribution in [0, 0.1) is 5.92 Å². The van der Waals surface area contributed by atoms with Gasteiger partial charge in [-0.1, -0.05) is 31.2 Å². The van der Waals surface area contributed by atoms with Crippen LogP contribution in [0.3, 0.4) is 0 Å². The highest BCUT2D eigenvalue weighted by molar-refractivity contribution is 5.33. The molecule has 1 aliphatic rings. The molecule has 0 radical (unpaired) electrons. The first kappa shape index (κ1) is 16.5. The molecule has 1 aliphatic carbocycles. The standard InChI is InChI=1S/C18H29NO2/c1-3-19-18-16(11-14-21-13-6-12-20-2)10-9-15-7-4-5-8-17(15)18/h4-5,7-8,16,18-19H,3,6,9-14H2,1-2H3. The molecule has 0 saturated carbocycles. The fourth-order valence-corrected chi connectivity index (χ4v) is 3.28. The van der Waals surface area contributed by atoms with Crippen LogP contribution in [-0.4, -0.2) is 33.5 Å². The monoisotopic (exact) mass is 291 g/mol. The zero-order valence-electron chi connectivity index (χ0n) is 13.4. The van der Waals surface area contributed by atoms with Gasteiger partial charge in [0.2, 0.25) is 0 Å². The summed E-state index contributed by atoms with van der Waals surface area (Å²) in [7, 11) is 1.74. The van der Waals surface area contributed by atoms with Crippen molar-refractivity contribution in [2.45, 2.75) is 38.6 Å². The van der Waals surface area contributed by atoms with Crippen molar-refractivity contribution in [2.75, 3.05) is 33.5 Å². The smallest absolute Gasteiger partial charge is 0.0487 e. The van der Waals surface area contributed by atoms with Crippen LogP contribution in [0.15, 0.2) is 24.3 Å². The first-order valence-electron chi connectivity index (χ1n) is 8.24. The van der Waals surface area contributed by atoms with Gasteiger partial charge >= 0.3 is 0 Å². The van der Waals surface area contributed by atoms with E-state index in [-0.39, 0.29) is 0 Å². The molecule has 1 N–H and O–H groups in total. The van der Waals surface area contributed by atoms with Gasteiger partial charge in [0.15, 0.2) is 0 Å². The number of methoxy groups -OCH3 is 1. The molecule has 1 aromatic rings. The van der Waals surface area contributed by atoms with Crippen molar-refractivity contribution >= 4 is 0 Å². The van der Waals surface area contributed by atoms with E-state index in [9.17, 15) is 0 Å². The fraction of sp³-hybridized carbons (Fsp3) is 0.667. The predicted octanol–water partition coefficient (Wildman–Crippen LogP) is 3.34. The minimum atomic E-state index is 0.488. The van der Waals surface area contributed by atoms with E-state index < -0.39 is 0 Å². The van der Waals surface area contributed by atoms with Crippen LogP contribution in [-0.2, 0) is 15.9 Å². The van der Waals surface area contributed by atoms with Crippen LogP contribution in [0.2, 0.25) is 0 Å². The highest BCUT2D eigenvalue weighted by atomic mass is 16.5. The van der Waals surface area contributed by atoms with Crippen molar-refractivity contribution in [3.05, 3.63) is 35.4 Å². The molecular weight excluding hydrogens is 262 g/mol. The lowest BCUT2D eigenvalue weighted by Crippen LogP contribution is -2.33. The molecule has 0 amide bonds. The quantitative estimate of drug-likeness (QED) is 0.708. The second kappa shape index (κ2) is 9.19. The number of rotatable bonds is 9. The van der Waals surface area contributed by atoms with E-state index in [1.165, 1.54) is 24.0 Å². The summed E-state index contributed by atoms with van der Waals surface area (Å²) in [5.41, 5.74) is 3.01. The summed E-state index contributed by atoms with van der Waals surface area (Å²) in [5.74, 6) is 0.683. The third kappa shape index (κ3) is 4.80. The van der Waals surface area contributed by atoms with Crippen molar-refractivity contribution < 1.29 is 9.47 Å². The maximum atomic E-state index is 5.75. The molecule has 1 aromatic carbocycles. The molecule has 0 bridgehead atoms. The zero-order valence-corrected chi connectivity index (χ0v) is 13.4. The maximum absolute atomic E-state index is 5.75. The van der Waals surface area contributed by atoms with E-state index >= 15 is 0 Å². The van der Waals surface area contributed by atoms with Crippen molar-refractivity contribution in [3.63, 3.8) is 0 Å². The Labute approximate surface area is 129 Å². The first-order chi connectivity index (χ1) is 10.4. The molecule has 21 heavy (non-hydrogen) atoms. The van der Waals surface area contributed by atoms with Crippen molar-refractivity contribution in [1.82, 2.24) is 5.32 Å². The van der Waals surface area contributed by atoms with Gasteiger partial charge in [0.05, 0.1) is 0 Å². The Morgan fingerprint density at radius 2 is 2.05 bits per heavy atom. The SMILES string of the molecule is CCNC1c2ccccc2CCC1CCOCCCOC. The maximum Gasteiger partial charge on any atom is 0.0487 e. The molecule has 2 atom stereocenters. The van der Waals surface area contributed by atoms with Gasteiger partial charge in [-0.15, -0.1) is 0 Å². The third-order valence-electron chi connectivity index (χ3n) is 4.34. The van der Waals surface area contributed by atoms with E-state index in [0.717, 1.165) is 39.2 Å². The van der Waals surface area contributed by atoms with Crippen LogP contribution < -0.4 is 5.32 Å². The van der Waals surface area contributed by atoms with Crippen LogP contribution in [0.4, 0.5) is 0 Å². The molecule has 0 aromatic heterocycles. The van der Waals surface area contributed by atoms with Crippen LogP contribution >= 0.6 is 0 Å². The van der Waals surface area contributed by atoms with Crippen LogP contribution in [0.1, 0.15) is 43.4 Å². The second-order valence-corrected chi connectivity index (χ2v) is 5.78. The molecular formula is C18H29NO2. The molecule has 2 unspecified atom stereocenters. The number of aryl methyl sites for hydroxylation is 1. The Bertz CT molecular complexity index is 408. The molecule has 0 aliphatic heterocycles. The van der Waals surface area contributed by atoms with E-state index in [1.54, 1.807) is 7.11 Å². The summed E-state index contributed by atoms with van der Waals surface area (Å²) in [6.45, 7) is 5.66. The van der Waals surface area contributed by atoms with E-state index in [0.29, 0.717) is 12.0 Å². The molecule has 2 rings (SSSR count). The normalized spacial score (nSPS) is 21.2. The molecule has 3 nitrogen and oxygen atoms in total. The molecule has 0 spiro atoms. The highest BCUT2D eigenvalue weighted by Crippen LogP contribution is 2.36. The summed E-state index contributed by atoms with van der Waals surface area (Å²) in [5, 5.41) is 3.68. The molecule has 118 valence electrons. The van der Waals surface area contributed by atoms with Gasteiger partial charge in [-0.3, -0.25) is 0 Å². The molecule has 0 heterocycles. The van der Waals surface area contributed by atoms with Gasteiger partial charge in [0, 0.05) is 33.0 Å². The number of benzene rings is 1. The van der Waals surface area contributed by atoms with Crippen LogP contribution in [0.5, 0.6) is 0 Å². The second-order valence-electron chi connectivity index (χ2n) is 5.78. The van der Waals surface area contributed by atoms with Crippen molar-refractivity contribution in [1.29, 1.82) is 0 Å². The predicted molar refractivity (Wildman–Crippen MR) is 86.6 cm³/mol. The van der Waals surface area contributed by atoms with Crippen molar-refractivity contribution in [2.24, 2.45) is 5.92 Å². The lowest BCUT2D eigenvalue weighted by Gasteiger charge is -2.34. The van der Waals surface area contributed by atoms with Gasteiger partial charge in [-0.05, 0) is 49.3 Å². The summed E-state index contributed by atoms with van der Waals surface area (Å²) >= 11 is 0. The summed E-state index contributed by atoms with van der Waals surface area (Å²) in [6, 6.07) is 9.36. The number of hydrogen-bond donors (Lipinski definition) is 1. The van der Waals surface area contributed by atoms with Gasteiger partial charge in [0.25, 0.3) is 0 Å². The van der Waals surface area contributed by atoms with Gasteiger partial charge in [-0.25, -0.2) is 0 Å². The Morgan fingerprint density at radius 3 is 2.86 bits per heavy atom. The Balaban J connectivity index is 1.85. The summed E-state index contributed by atoms with van der Waals surface area (Å²) < 4.78 is 10.8. The summed E-state index contributed by atoms with van der Waals surface area (Å²) in [4.78, 5) is 0. The van der Waals surface area contributed by atoms with Gasteiger partial charge in [0.1, 0.15) is 0 Å². The average Bonchev–Trinajstić information content (AvgIpc) is 2.52. The Morgan fingerprint density at radius 1 is 1.19 bits per heavy atom. The average molecular weight is 291 g/mol. The minimum Gasteiger partial charge on any atom is -0.385 e. The van der Waals surface area contributed by atoms with Gasteiger partial charge in [-0.2, -0.15) is 0 Å². The topological polar surface area (TPSA) is 30.5 Å². The number of hydrogen-bond acceptors (Lipinski definition) is 3. The zero-order chi connectivity index (χ0) is 14.9. The van der Waals surface area contributed by atoms with E-state index in [1.807, 2.05) is 0 Å². The van der Waals surface area contributed by atoms with Crippen molar-refractivity contribution in [3.8, 4) is 0 Å². The van der Waals surface area contributed by atoms with E-state index in [2.05, 4.69) is 36.5 Å². The lowest BCUT2D eigenvalue weighted by atomic mass is 9.78. The fourth-order valence-electron chi connectivity index (χ4n) is 3.28. The summed E-state index contributed by atoms with van der Waals surface area (Å²) in [6.07, 6.45) is 4.59. The molecule has 3 heteroatoms. The molecule has 0 saturated heterocycles. The number of ether oxygens (including phenoxy) is 2. The van der Waals surface area contributed by atoms with E-state index in [4.69, 9.17) is 9.47 Å².